The number of nitrogens with zero attached hydrogens (tertiary/aromatic N) is 4. The lowest BCUT2D eigenvalue weighted by Crippen LogP contribution is -2.20. The molecule has 2 heterocycles. The number of rotatable bonds is 1. The maximum atomic E-state index is 9.72. The fourth-order valence-electron chi connectivity index (χ4n) is 1.80. The normalized spacial score (nSPS) is 19.5. The van der Waals surface area contributed by atoms with Crippen molar-refractivity contribution in [1.82, 2.24) is 5.06 Å². The van der Waals surface area contributed by atoms with Crippen LogP contribution in [0.5, 0.6) is 0 Å². The molecule has 0 aromatic heterocycles. The predicted octanol–water partition coefficient (Wildman–Crippen LogP) is 1.62. The first-order chi connectivity index (χ1) is 9.28. The fraction of sp³-hybridized carbons (Fsp3) is 0. The van der Waals surface area contributed by atoms with Crippen LogP contribution in [0.25, 0.3) is 0 Å². The van der Waals surface area contributed by atoms with Crippen LogP contribution in [-0.2, 0) is 0 Å². The van der Waals surface area contributed by atoms with Crippen molar-refractivity contribution in [3.05, 3.63) is 64.9 Å². The van der Waals surface area contributed by atoms with Gasteiger partial charge in [0.05, 0.1) is 21.6 Å². The lowest BCUT2D eigenvalue weighted by atomic mass is 10.3. The molecular formula is C13H8N4OS. The van der Waals surface area contributed by atoms with Crippen molar-refractivity contribution >= 4 is 23.1 Å². The topological polar surface area (TPSA) is 60.5 Å². The van der Waals surface area contributed by atoms with Gasteiger partial charge in [0, 0.05) is 6.20 Å². The summed E-state index contributed by atoms with van der Waals surface area (Å²) in [5.41, 5.74) is 1.21. The number of isothiocyanates is 1. The maximum absolute atomic E-state index is 9.72. The molecule has 92 valence electrons. The molecule has 1 aromatic rings. The third kappa shape index (κ3) is 2.15. The lowest BCUT2D eigenvalue weighted by molar-refractivity contribution is -0.00153. The van der Waals surface area contributed by atoms with Crippen LogP contribution in [0, 0.1) is 0 Å². The number of aliphatic imine (C=N–C) groups is 1. The second-order valence-corrected chi connectivity index (χ2v) is 4.04. The van der Waals surface area contributed by atoms with Gasteiger partial charge in [-0.25, -0.2) is 15.0 Å². The van der Waals surface area contributed by atoms with E-state index in [4.69, 9.17) is 0 Å². The molecule has 3 rings (SSSR count). The van der Waals surface area contributed by atoms with Gasteiger partial charge in [0.1, 0.15) is 5.70 Å². The molecule has 0 unspecified atom stereocenters. The van der Waals surface area contributed by atoms with Crippen LogP contribution >= 0.6 is 12.2 Å². The second kappa shape index (κ2) is 4.70. The zero-order chi connectivity index (χ0) is 13.2. The van der Waals surface area contributed by atoms with Gasteiger partial charge in [0.15, 0.2) is 5.82 Å². The van der Waals surface area contributed by atoms with Crippen molar-refractivity contribution in [2.75, 3.05) is 0 Å². The molecule has 0 fully saturated rings. The van der Waals surface area contributed by atoms with Crippen LogP contribution in [0.4, 0.5) is 5.69 Å². The first-order valence-electron chi connectivity index (χ1n) is 5.50. The summed E-state index contributed by atoms with van der Waals surface area (Å²) in [7, 11) is 0. The van der Waals surface area contributed by atoms with Gasteiger partial charge in [-0.3, -0.25) is 5.21 Å². The van der Waals surface area contributed by atoms with Crippen LogP contribution in [0.15, 0.2) is 69.1 Å². The SMILES string of the molecule is ON1C=CC=C/C1=C1/N=c2ccc(N=C=S)cc2=N1. The van der Waals surface area contributed by atoms with Crippen molar-refractivity contribution in [3.8, 4) is 0 Å². The Kier molecular flexibility index (Phi) is 2.89. The molecule has 0 radical (unpaired) electrons. The van der Waals surface area contributed by atoms with Crippen LogP contribution in [0.2, 0.25) is 0 Å². The summed E-state index contributed by atoms with van der Waals surface area (Å²) in [5, 5.41) is 14.5. The van der Waals surface area contributed by atoms with E-state index in [1.807, 2.05) is 12.1 Å². The number of hydrogen-bond acceptors (Lipinski definition) is 6. The largest absolute Gasteiger partial charge is 0.284 e. The quantitative estimate of drug-likeness (QED) is 0.622. The first-order valence-corrected chi connectivity index (χ1v) is 5.91. The Labute approximate surface area is 113 Å². The van der Waals surface area contributed by atoms with Crippen LogP contribution < -0.4 is 10.7 Å². The number of allylic oxidation sites excluding steroid dienone is 3. The fourth-order valence-corrected chi connectivity index (χ4v) is 1.90. The van der Waals surface area contributed by atoms with Gasteiger partial charge < -0.3 is 0 Å². The lowest BCUT2D eigenvalue weighted by Gasteiger charge is -2.15. The number of thiocarbonyl (C=S) groups is 1. The molecule has 6 heteroatoms. The van der Waals surface area contributed by atoms with Gasteiger partial charge in [-0.05, 0) is 42.6 Å². The van der Waals surface area contributed by atoms with Crippen molar-refractivity contribution in [2.45, 2.75) is 0 Å². The standard InChI is InChI=1S/C13H8N4OS/c18-17-6-2-1-3-12(17)13-15-10-5-4-9(14-8-19)7-11(10)16-13/h1-7,18H/b13-12+. The van der Waals surface area contributed by atoms with Crippen molar-refractivity contribution in [1.29, 1.82) is 0 Å². The minimum Gasteiger partial charge on any atom is -0.284 e. The van der Waals surface area contributed by atoms with Gasteiger partial charge in [-0.1, -0.05) is 6.08 Å². The summed E-state index contributed by atoms with van der Waals surface area (Å²) in [5.74, 6) is 0.460. The van der Waals surface area contributed by atoms with E-state index in [0.717, 1.165) is 10.4 Å². The predicted molar refractivity (Wildman–Crippen MR) is 72.4 cm³/mol. The van der Waals surface area contributed by atoms with E-state index in [1.54, 1.807) is 24.3 Å². The number of hydrogen-bond donors (Lipinski definition) is 1. The zero-order valence-corrected chi connectivity index (χ0v) is 10.5. The zero-order valence-electron chi connectivity index (χ0n) is 9.69. The molecule has 0 spiro atoms. The Balaban J connectivity index is 2.15. The molecule has 1 aromatic carbocycles. The van der Waals surface area contributed by atoms with E-state index in [1.165, 1.54) is 6.20 Å². The smallest absolute Gasteiger partial charge is 0.179 e. The molecule has 2 aliphatic rings. The third-order valence-corrected chi connectivity index (χ3v) is 2.75. The molecule has 0 aliphatic carbocycles. The van der Waals surface area contributed by atoms with Crippen molar-refractivity contribution in [3.63, 3.8) is 0 Å². The summed E-state index contributed by atoms with van der Waals surface area (Å²) < 4.78 is 0. The Hall–Kier alpha value is -2.40. The Morgan fingerprint density at radius 3 is 2.84 bits per heavy atom. The van der Waals surface area contributed by atoms with Gasteiger partial charge in [-0.15, -0.1) is 0 Å². The Bertz CT molecular complexity index is 800. The van der Waals surface area contributed by atoms with E-state index in [9.17, 15) is 5.21 Å². The minimum absolute atomic E-state index is 0.460. The Morgan fingerprint density at radius 1 is 1.21 bits per heavy atom. The van der Waals surface area contributed by atoms with E-state index < -0.39 is 0 Å². The van der Waals surface area contributed by atoms with E-state index in [0.29, 0.717) is 22.6 Å². The van der Waals surface area contributed by atoms with Gasteiger partial charge in [-0.2, -0.15) is 4.99 Å². The monoisotopic (exact) mass is 268 g/mol. The maximum Gasteiger partial charge on any atom is 0.179 e. The Morgan fingerprint density at radius 2 is 2.05 bits per heavy atom. The molecule has 0 bridgehead atoms. The van der Waals surface area contributed by atoms with Crippen molar-refractivity contribution in [2.24, 2.45) is 15.0 Å². The molecule has 0 amide bonds. The summed E-state index contributed by atoms with van der Waals surface area (Å²) >= 11 is 4.57. The highest BCUT2D eigenvalue weighted by atomic mass is 32.1. The molecule has 5 nitrogen and oxygen atoms in total. The summed E-state index contributed by atoms with van der Waals surface area (Å²) in [6.07, 6.45) is 6.80. The van der Waals surface area contributed by atoms with E-state index in [-0.39, 0.29) is 0 Å². The highest BCUT2D eigenvalue weighted by Gasteiger charge is 2.13. The minimum atomic E-state index is 0.460. The first kappa shape index (κ1) is 11.7. The summed E-state index contributed by atoms with van der Waals surface area (Å²) in [6.45, 7) is 0. The van der Waals surface area contributed by atoms with Gasteiger partial charge >= 0.3 is 0 Å². The van der Waals surface area contributed by atoms with E-state index >= 15 is 0 Å². The molecule has 1 N–H and O–H groups in total. The van der Waals surface area contributed by atoms with Crippen LogP contribution in [-0.4, -0.2) is 15.4 Å². The second-order valence-electron chi connectivity index (χ2n) is 3.85. The molecule has 0 atom stereocenters. The van der Waals surface area contributed by atoms with Crippen molar-refractivity contribution < 1.29 is 5.21 Å². The summed E-state index contributed by atoms with van der Waals surface area (Å²) in [4.78, 5) is 12.6. The van der Waals surface area contributed by atoms with E-state index in [2.05, 4.69) is 32.4 Å². The van der Waals surface area contributed by atoms with Gasteiger partial charge in [0.25, 0.3) is 0 Å². The number of benzene rings is 1. The average Bonchev–Trinajstić information content (AvgIpc) is 2.82. The van der Waals surface area contributed by atoms with Crippen LogP contribution in [0.1, 0.15) is 0 Å². The number of fused-ring (bicyclic) bond motifs is 1. The molecule has 0 saturated heterocycles. The molecule has 0 saturated carbocycles. The van der Waals surface area contributed by atoms with Crippen LogP contribution in [0.3, 0.4) is 0 Å². The average molecular weight is 268 g/mol. The third-order valence-electron chi connectivity index (χ3n) is 2.65. The molecule has 19 heavy (non-hydrogen) atoms. The summed E-state index contributed by atoms with van der Waals surface area (Å²) in [6, 6.07) is 5.37. The highest BCUT2D eigenvalue weighted by Crippen LogP contribution is 2.17. The molecular weight excluding hydrogens is 260 g/mol. The highest BCUT2D eigenvalue weighted by molar-refractivity contribution is 7.78. The molecule has 2 aliphatic heterocycles. The number of hydroxylamine groups is 2. The van der Waals surface area contributed by atoms with Gasteiger partial charge in [0.2, 0.25) is 0 Å².